The number of hydrogen-bond donors (Lipinski definition) is 1. The van der Waals surface area contributed by atoms with E-state index in [9.17, 15) is 9.59 Å². The minimum absolute atomic E-state index is 0.000547. The highest BCUT2D eigenvalue weighted by molar-refractivity contribution is 5.96. The van der Waals surface area contributed by atoms with E-state index in [0.29, 0.717) is 23.9 Å². The van der Waals surface area contributed by atoms with Crippen LogP contribution in [0.25, 0.3) is 0 Å². The predicted octanol–water partition coefficient (Wildman–Crippen LogP) is 3.66. The van der Waals surface area contributed by atoms with Gasteiger partial charge in [-0.3, -0.25) is 10.1 Å². The monoisotopic (exact) mass is 304 g/mol. The molecule has 0 unspecified atom stereocenters. The summed E-state index contributed by atoms with van der Waals surface area (Å²) in [5.41, 5.74) is 1.16. The molecule has 1 aliphatic rings. The molecule has 0 bridgehead atoms. The zero-order chi connectivity index (χ0) is 15.9. The van der Waals surface area contributed by atoms with E-state index in [1.807, 2.05) is 11.9 Å². The number of nitrogens with one attached hydrogen (secondary N) is 1. The number of nitrogens with zero attached hydrogens (tertiary/aromatic N) is 1. The maximum atomic E-state index is 12.6. The third-order valence-electron chi connectivity index (χ3n) is 4.07. The van der Waals surface area contributed by atoms with Crippen molar-refractivity contribution in [2.24, 2.45) is 0 Å². The van der Waals surface area contributed by atoms with Gasteiger partial charge in [0.05, 0.1) is 6.61 Å². The molecule has 0 heterocycles. The van der Waals surface area contributed by atoms with Gasteiger partial charge in [-0.1, -0.05) is 25.3 Å². The molecule has 5 heteroatoms. The van der Waals surface area contributed by atoms with Gasteiger partial charge in [0.25, 0.3) is 5.91 Å². The first-order valence-electron chi connectivity index (χ1n) is 7.93. The number of carbonyl (C=O) groups is 2. The molecule has 1 aliphatic carbocycles. The molecule has 1 saturated carbocycles. The van der Waals surface area contributed by atoms with Crippen LogP contribution in [0.5, 0.6) is 0 Å². The smallest absolute Gasteiger partial charge is 0.411 e. The van der Waals surface area contributed by atoms with E-state index in [2.05, 4.69) is 5.32 Å². The van der Waals surface area contributed by atoms with E-state index >= 15 is 0 Å². The number of benzene rings is 1. The molecule has 120 valence electrons. The van der Waals surface area contributed by atoms with Crippen LogP contribution in [-0.2, 0) is 4.74 Å². The molecule has 2 rings (SSSR count). The number of amides is 2. The maximum absolute atomic E-state index is 12.6. The number of anilines is 1. The van der Waals surface area contributed by atoms with Gasteiger partial charge in [0.1, 0.15) is 0 Å². The Kier molecular flexibility index (Phi) is 5.81. The topological polar surface area (TPSA) is 58.6 Å². The van der Waals surface area contributed by atoms with E-state index < -0.39 is 6.09 Å². The number of carbonyl (C=O) groups excluding carboxylic acids is 2. The van der Waals surface area contributed by atoms with Gasteiger partial charge in [-0.05, 0) is 38.0 Å². The molecule has 0 atom stereocenters. The molecular weight excluding hydrogens is 280 g/mol. The maximum Gasteiger partial charge on any atom is 0.411 e. The van der Waals surface area contributed by atoms with Gasteiger partial charge in [-0.25, -0.2) is 4.79 Å². The quantitative estimate of drug-likeness (QED) is 0.923. The van der Waals surface area contributed by atoms with E-state index in [4.69, 9.17) is 4.74 Å². The van der Waals surface area contributed by atoms with Crippen molar-refractivity contribution < 1.29 is 14.3 Å². The van der Waals surface area contributed by atoms with Crippen molar-refractivity contribution in [3.8, 4) is 0 Å². The zero-order valence-electron chi connectivity index (χ0n) is 13.3. The summed E-state index contributed by atoms with van der Waals surface area (Å²) in [5, 5.41) is 2.62. The van der Waals surface area contributed by atoms with Crippen LogP contribution in [0.15, 0.2) is 24.3 Å². The minimum atomic E-state index is -0.507. The number of hydrogen-bond acceptors (Lipinski definition) is 3. The van der Waals surface area contributed by atoms with Crippen LogP contribution in [0.2, 0.25) is 0 Å². The Balaban J connectivity index is 2.04. The van der Waals surface area contributed by atoms with E-state index in [0.717, 1.165) is 12.8 Å². The summed E-state index contributed by atoms with van der Waals surface area (Å²) in [5.74, 6) is -0.000547. The van der Waals surface area contributed by atoms with Crippen LogP contribution in [0.3, 0.4) is 0 Å². The fourth-order valence-electron chi connectivity index (χ4n) is 2.85. The molecule has 0 radical (unpaired) electrons. The molecule has 0 spiro atoms. The van der Waals surface area contributed by atoms with Crippen molar-refractivity contribution in [1.82, 2.24) is 4.90 Å². The third-order valence-corrected chi connectivity index (χ3v) is 4.07. The highest BCUT2D eigenvalue weighted by Gasteiger charge is 2.23. The highest BCUT2D eigenvalue weighted by Crippen LogP contribution is 2.23. The molecule has 5 nitrogen and oxygen atoms in total. The van der Waals surface area contributed by atoms with Gasteiger partial charge in [0.15, 0.2) is 0 Å². The third kappa shape index (κ3) is 4.23. The normalized spacial score (nSPS) is 15.2. The number of ether oxygens (including phenoxy) is 1. The Morgan fingerprint density at radius 1 is 1.27 bits per heavy atom. The highest BCUT2D eigenvalue weighted by atomic mass is 16.5. The molecule has 0 aromatic heterocycles. The van der Waals surface area contributed by atoms with E-state index in [1.165, 1.54) is 19.3 Å². The van der Waals surface area contributed by atoms with E-state index in [1.54, 1.807) is 31.2 Å². The van der Waals surface area contributed by atoms with Gasteiger partial charge in [-0.2, -0.15) is 0 Å². The van der Waals surface area contributed by atoms with Gasteiger partial charge in [0, 0.05) is 24.3 Å². The molecular formula is C17H24N2O3. The molecule has 1 aromatic carbocycles. The average Bonchev–Trinajstić information content (AvgIpc) is 2.54. The molecule has 0 aliphatic heterocycles. The van der Waals surface area contributed by atoms with Gasteiger partial charge < -0.3 is 9.64 Å². The standard InChI is InChI=1S/C17H24N2O3/c1-3-22-17(21)18-14-9-7-8-13(12-14)16(20)19(2)15-10-5-4-6-11-15/h7-9,12,15H,3-6,10-11H2,1-2H3,(H,18,21). The number of rotatable bonds is 4. The van der Waals surface area contributed by atoms with Crippen LogP contribution < -0.4 is 5.32 Å². The van der Waals surface area contributed by atoms with Crippen molar-refractivity contribution in [2.45, 2.75) is 45.1 Å². The van der Waals surface area contributed by atoms with Crippen molar-refractivity contribution in [2.75, 3.05) is 19.0 Å². The minimum Gasteiger partial charge on any atom is -0.450 e. The SMILES string of the molecule is CCOC(=O)Nc1cccc(C(=O)N(C)C2CCCCC2)c1. The van der Waals surface area contributed by atoms with Crippen molar-refractivity contribution >= 4 is 17.7 Å². The molecule has 1 N–H and O–H groups in total. The largest absolute Gasteiger partial charge is 0.450 e. The lowest BCUT2D eigenvalue weighted by molar-refractivity contribution is 0.0696. The Morgan fingerprint density at radius 2 is 2.00 bits per heavy atom. The van der Waals surface area contributed by atoms with Crippen molar-refractivity contribution in [1.29, 1.82) is 0 Å². The van der Waals surface area contributed by atoms with Crippen molar-refractivity contribution in [3.63, 3.8) is 0 Å². The van der Waals surface area contributed by atoms with Crippen LogP contribution in [0.1, 0.15) is 49.4 Å². The molecule has 2 amide bonds. The second-order valence-corrected chi connectivity index (χ2v) is 5.63. The predicted molar refractivity (Wildman–Crippen MR) is 86.1 cm³/mol. The van der Waals surface area contributed by atoms with Crippen molar-refractivity contribution in [3.05, 3.63) is 29.8 Å². The lowest BCUT2D eigenvalue weighted by Gasteiger charge is -2.31. The summed E-state index contributed by atoms with van der Waals surface area (Å²) in [6.07, 6.45) is 5.27. The molecule has 0 saturated heterocycles. The molecule has 1 fully saturated rings. The van der Waals surface area contributed by atoms with Gasteiger partial charge >= 0.3 is 6.09 Å². The van der Waals surface area contributed by atoms with Gasteiger partial charge in [-0.15, -0.1) is 0 Å². The zero-order valence-corrected chi connectivity index (χ0v) is 13.3. The molecule has 22 heavy (non-hydrogen) atoms. The van der Waals surface area contributed by atoms with Crippen LogP contribution in [-0.4, -0.2) is 36.6 Å². The van der Waals surface area contributed by atoms with Crippen LogP contribution in [0.4, 0.5) is 10.5 Å². The first-order chi connectivity index (χ1) is 10.6. The summed E-state index contributed by atoms with van der Waals surface area (Å²) in [4.78, 5) is 25.9. The summed E-state index contributed by atoms with van der Waals surface area (Å²) < 4.78 is 4.84. The van der Waals surface area contributed by atoms with E-state index in [-0.39, 0.29) is 5.91 Å². The van der Waals surface area contributed by atoms with Crippen LogP contribution in [0, 0.1) is 0 Å². The Morgan fingerprint density at radius 3 is 2.68 bits per heavy atom. The lowest BCUT2D eigenvalue weighted by atomic mass is 9.94. The second kappa shape index (κ2) is 7.82. The van der Waals surface area contributed by atoms with Crippen LogP contribution >= 0.6 is 0 Å². The summed E-state index contributed by atoms with van der Waals surface area (Å²) in [6, 6.07) is 7.30. The van der Waals surface area contributed by atoms with Gasteiger partial charge in [0.2, 0.25) is 0 Å². The first-order valence-corrected chi connectivity index (χ1v) is 7.93. The summed E-state index contributed by atoms with van der Waals surface area (Å²) in [6.45, 7) is 2.06. The molecule has 1 aromatic rings. The fraction of sp³-hybridized carbons (Fsp3) is 0.529. The Bertz CT molecular complexity index is 524. The lowest BCUT2D eigenvalue weighted by Crippen LogP contribution is -2.38. The first kappa shape index (κ1) is 16.3. The fourth-order valence-corrected chi connectivity index (χ4v) is 2.85. The second-order valence-electron chi connectivity index (χ2n) is 5.63. The summed E-state index contributed by atoms with van der Waals surface area (Å²) in [7, 11) is 1.86. The summed E-state index contributed by atoms with van der Waals surface area (Å²) >= 11 is 0. The Hall–Kier alpha value is -2.04. The Labute approximate surface area is 131 Å². The average molecular weight is 304 g/mol.